The van der Waals surface area contributed by atoms with Gasteiger partial charge >= 0.3 is 0 Å². The minimum atomic E-state index is -0.354. The van der Waals surface area contributed by atoms with Gasteiger partial charge in [0.15, 0.2) is 5.75 Å². The zero-order chi connectivity index (χ0) is 15.6. The molecule has 0 atom stereocenters. The molecule has 1 N–H and O–H groups in total. The van der Waals surface area contributed by atoms with Gasteiger partial charge in [-0.3, -0.25) is 4.79 Å². The van der Waals surface area contributed by atoms with E-state index in [9.17, 15) is 4.79 Å². The highest BCUT2D eigenvalue weighted by molar-refractivity contribution is 6.37. The SMILES string of the molecule is COc1c(Cl)ccc(Cl)c1C(=O)Nc1cc(C)ccc1C. The number of benzene rings is 2. The Labute approximate surface area is 133 Å². The second-order valence-electron chi connectivity index (χ2n) is 4.71. The largest absolute Gasteiger partial charge is 0.494 e. The average Bonchev–Trinajstić information content (AvgIpc) is 2.44. The van der Waals surface area contributed by atoms with Crippen LogP contribution in [0.15, 0.2) is 30.3 Å². The second kappa shape index (κ2) is 6.37. The first kappa shape index (κ1) is 15.7. The second-order valence-corrected chi connectivity index (χ2v) is 5.52. The summed E-state index contributed by atoms with van der Waals surface area (Å²) in [5.41, 5.74) is 2.98. The summed E-state index contributed by atoms with van der Waals surface area (Å²) in [5, 5.41) is 3.48. The molecule has 5 heteroatoms. The van der Waals surface area contributed by atoms with E-state index in [1.54, 1.807) is 12.1 Å². The number of rotatable bonds is 3. The van der Waals surface area contributed by atoms with Crippen molar-refractivity contribution in [1.29, 1.82) is 0 Å². The number of methoxy groups -OCH3 is 1. The van der Waals surface area contributed by atoms with Crippen molar-refractivity contribution in [2.75, 3.05) is 12.4 Å². The van der Waals surface area contributed by atoms with E-state index in [1.165, 1.54) is 7.11 Å². The van der Waals surface area contributed by atoms with Crippen LogP contribution in [0.5, 0.6) is 5.75 Å². The highest BCUT2D eigenvalue weighted by Crippen LogP contribution is 2.34. The van der Waals surface area contributed by atoms with Gasteiger partial charge in [-0.25, -0.2) is 0 Å². The van der Waals surface area contributed by atoms with E-state index in [0.717, 1.165) is 16.8 Å². The minimum Gasteiger partial charge on any atom is -0.494 e. The van der Waals surface area contributed by atoms with Crippen molar-refractivity contribution in [1.82, 2.24) is 0 Å². The van der Waals surface area contributed by atoms with E-state index in [2.05, 4.69) is 5.32 Å². The molecule has 0 aliphatic carbocycles. The number of anilines is 1. The number of carbonyl (C=O) groups is 1. The summed E-state index contributed by atoms with van der Waals surface area (Å²) in [4.78, 5) is 12.5. The topological polar surface area (TPSA) is 38.3 Å². The van der Waals surface area contributed by atoms with Crippen LogP contribution in [0, 0.1) is 13.8 Å². The Bertz CT molecular complexity index is 699. The molecule has 110 valence electrons. The molecule has 0 aliphatic heterocycles. The van der Waals surface area contributed by atoms with Crippen molar-refractivity contribution in [2.24, 2.45) is 0 Å². The summed E-state index contributed by atoms with van der Waals surface area (Å²) in [6.07, 6.45) is 0. The fourth-order valence-corrected chi connectivity index (χ4v) is 2.47. The maximum atomic E-state index is 12.5. The van der Waals surface area contributed by atoms with E-state index in [0.29, 0.717) is 10.0 Å². The molecule has 0 aromatic heterocycles. The fourth-order valence-electron chi connectivity index (χ4n) is 2.00. The van der Waals surface area contributed by atoms with Gasteiger partial charge in [-0.05, 0) is 43.2 Å². The number of nitrogens with one attached hydrogen (secondary N) is 1. The molecule has 2 aromatic rings. The van der Waals surface area contributed by atoms with Gasteiger partial charge in [0.1, 0.15) is 5.56 Å². The van der Waals surface area contributed by atoms with Crippen LogP contribution in [0.1, 0.15) is 21.5 Å². The summed E-state index contributed by atoms with van der Waals surface area (Å²) in [7, 11) is 1.45. The maximum absolute atomic E-state index is 12.5. The van der Waals surface area contributed by atoms with Gasteiger partial charge in [0.2, 0.25) is 0 Å². The molecular weight excluding hydrogens is 309 g/mol. The molecule has 0 aliphatic rings. The number of hydrogen-bond donors (Lipinski definition) is 1. The Morgan fingerprint density at radius 2 is 1.76 bits per heavy atom. The van der Waals surface area contributed by atoms with Crippen LogP contribution >= 0.6 is 23.2 Å². The molecular formula is C16H15Cl2NO2. The Hall–Kier alpha value is -1.71. The quantitative estimate of drug-likeness (QED) is 0.874. The smallest absolute Gasteiger partial charge is 0.261 e. The summed E-state index contributed by atoms with van der Waals surface area (Å²) >= 11 is 12.2. The van der Waals surface area contributed by atoms with Crippen LogP contribution in [0.4, 0.5) is 5.69 Å². The van der Waals surface area contributed by atoms with Gasteiger partial charge in [-0.15, -0.1) is 0 Å². The van der Waals surface area contributed by atoms with Crippen LogP contribution in [0.25, 0.3) is 0 Å². The van der Waals surface area contributed by atoms with Crippen LogP contribution < -0.4 is 10.1 Å². The highest BCUT2D eigenvalue weighted by Gasteiger charge is 2.20. The lowest BCUT2D eigenvalue weighted by atomic mass is 10.1. The van der Waals surface area contributed by atoms with Crippen molar-refractivity contribution in [3.05, 3.63) is 57.1 Å². The van der Waals surface area contributed by atoms with Gasteiger partial charge in [-0.2, -0.15) is 0 Å². The van der Waals surface area contributed by atoms with Crippen molar-refractivity contribution in [3.63, 3.8) is 0 Å². The van der Waals surface area contributed by atoms with Crippen molar-refractivity contribution >= 4 is 34.8 Å². The molecule has 0 bridgehead atoms. The molecule has 0 spiro atoms. The van der Waals surface area contributed by atoms with Gasteiger partial charge < -0.3 is 10.1 Å². The van der Waals surface area contributed by atoms with Gasteiger partial charge in [0, 0.05) is 5.69 Å². The number of halogens is 2. The summed E-state index contributed by atoms with van der Waals surface area (Å²) in [6, 6.07) is 9.00. The lowest BCUT2D eigenvalue weighted by molar-refractivity contribution is 0.102. The number of hydrogen-bond acceptors (Lipinski definition) is 2. The van der Waals surface area contributed by atoms with E-state index < -0.39 is 0 Å². The van der Waals surface area contributed by atoms with Crippen molar-refractivity contribution in [3.8, 4) is 5.75 Å². The summed E-state index contributed by atoms with van der Waals surface area (Å²) < 4.78 is 5.19. The third-order valence-electron chi connectivity index (χ3n) is 3.13. The van der Waals surface area contributed by atoms with E-state index in [-0.39, 0.29) is 17.2 Å². The van der Waals surface area contributed by atoms with Crippen LogP contribution in [-0.4, -0.2) is 13.0 Å². The van der Waals surface area contributed by atoms with E-state index >= 15 is 0 Å². The monoisotopic (exact) mass is 323 g/mol. The first-order valence-corrected chi connectivity index (χ1v) is 7.10. The van der Waals surface area contributed by atoms with Gasteiger partial charge in [-0.1, -0.05) is 35.3 Å². The van der Waals surface area contributed by atoms with Crippen LogP contribution in [0.3, 0.4) is 0 Å². The zero-order valence-electron chi connectivity index (χ0n) is 12.0. The Morgan fingerprint density at radius 3 is 2.43 bits per heavy atom. The molecule has 1 amide bonds. The molecule has 3 nitrogen and oxygen atoms in total. The molecule has 2 aromatic carbocycles. The highest BCUT2D eigenvalue weighted by atomic mass is 35.5. The fraction of sp³-hybridized carbons (Fsp3) is 0.188. The molecule has 0 saturated heterocycles. The Balaban J connectivity index is 2.41. The number of aryl methyl sites for hydroxylation is 2. The molecule has 0 saturated carbocycles. The van der Waals surface area contributed by atoms with Crippen LogP contribution in [0.2, 0.25) is 10.0 Å². The predicted molar refractivity (Wildman–Crippen MR) is 86.9 cm³/mol. The Kier molecular flexibility index (Phi) is 4.76. The number of carbonyl (C=O) groups excluding carboxylic acids is 1. The minimum absolute atomic E-state index is 0.229. The zero-order valence-corrected chi connectivity index (χ0v) is 13.5. The lowest BCUT2D eigenvalue weighted by Crippen LogP contribution is -2.15. The van der Waals surface area contributed by atoms with Gasteiger partial charge in [0.25, 0.3) is 5.91 Å². The summed E-state index contributed by atoms with van der Waals surface area (Å²) in [6.45, 7) is 3.88. The third-order valence-corrected chi connectivity index (χ3v) is 3.74. The number of ether oxygens (including phenoxy) is 1. The lowest BCUT2D eigenvalue weighted by Gasteiger charge is -2.14. The summed E-state index contributed by atoms with van der Waals surface area (Å²) in [5.74, 6) is -0.0833. The molecule has 21 heavy (non-hydrogen) atoms. The van der Waals surface area contributed by atoms with Crippen molar-refractivity contribution in [2.45, 2.75) is 13.8 Å². The molecule has 0 unspecified atom stereocenters. The maximum Gasteiger partial charge on any atom is 0.261 e. The first-order valence-electron chi connectivity index (χ1n) is 6.34. The van der Waals surface area contributed by atoms with E-state index in [1.807, 2.05) is 32.0 Å². The standard InChI is InChI=1S/C16H15Cl2NO2/c1-9-4-5-10(2)13(8-9)19-16(20)14-11(17)6-7-12(18)15(14)21-3/h4-8H,1-3H3,(H,19,20). The average molecular weight is 324 g/mol. The third kappa shape index (κ3) is 3.31. The van der Waals surface area contributed by atoms with Crippen LogP contribution in [-0.2, 0) is 0 Å². The number of amides is 1. The van der Waals surface area contributed by atoms with Crippen molar-refractivity contribution < 1.29 is 9.53 Å². The molecule has 0 radical (unpaired) electrons. The normalized spacial score (nSPS) is 10.3. The molecule has 0 fully saturated rings. The molecule has 2 rings (SSSR count). The van der Waals surface area contributed by atoms with E-state index in [4.69, 9.17) is 27.9 Å². The Morgan fingerprint density at radius 1 is 1.10 bits per heavy atom. The van der Waals surface area contributed by atoms with Gasteiger partial charge in [0.05, 0.1) is 17.2 Å². The predicted octanol–water partition coefficient (Wildman–Crippen LogP) is 4.87. The molecule has 0 heterocycles. The first-order chi connectivity index (χ1) is 9.93.